The van der Waals surface area contributed by atoms with Crippen LogP contribution >= 0.6 is 0 Å². The van der Waals surface area contributed by atoms with Gasteiger partial charge in [0.15, 0.2) is 0 Å². The summed E-state index contributed by atoms with van der Waals surface area (Å²) in [5.74, 6) is -1.02. The summed E-state index contributed by atoms with van der Waals surface area (Å²) in [5, 5.41) is 0.673. The second-order valence-electron chi connectivity index (χ2n) is 5.61. The number of ether oxygens (including phenoxy) is 1. The lowest BCUT2D eigenvalue weighted by Gasteiger charge is -2.09. The first-order valence-electron chi connectivity index (χ1n) is 9.58. The number of fused-ring (bicyclic) bond motifs is 1. The van der Waals surface area contributed by atoms with E-state index in [4.69, 9.17) is 10.5 Å². The maximum absolute atomic E-state index is 12.3. The van der Waals surface area contributed by atoms with Crippen LogP contribution in [0.25, 0.3) is 10.9 Å². The molecule has 5 nitrogen and oxygen atoms in total. The van der Waals surface area contributed by atoms with E-state index in [1.54, 1.807) is 13.2 Å². The molecule has 1 aromatic heterocycles. The van der Waals surface area contributed by atoms with Crippen molar-refractivity contribution in [1.29, 1.82) is 0 Å². The number of methoxy groups -OCH3 is 1. The van der Waals surface area contributed by atoms with Crippen LogP contribution < -0.4 is 10.5 Å². The quantitative estimate of drug-likeness (QED) is 0.512. The minimum absolute atomic E-state index is 0.340. The average molecular weight is 383 g/mol. The predicted octanol–water partition coefficient (Wildman–Crippen LogP) is 4.73. The Kier molecular flexibility index (Phi) is 8.96. The van der Waals surface area contributed by atoms with Crippen molar-refractivity contribution in [3.05, 3.63) is 65.4 Å². The molecular formula is C23H30N2O3. The lowest BCUT2D eigenvalue weighted by molar-refractivity contribution is -0.114. The van der Waals surface area contributed by atoms with Gasteiger partial charge in [0.25, 0.3) is 11.7 Å². The highest BCUT2D eigenvalue weighted by Gasteiger charge is 2.23. The van der Waals surface area contributed by atoms with Gasteiger partial charge in [0.05, 0.1) is 12.7 Å². The Morgan fingerprint density at radius 3 is 2.14 bits per heavy atom. The zero-order chi connectivity index (χ0) is 21.3. The van der Waals surface area contributed by atoms with Crippen LogP contribution in [0.3, 0.4) is 0 Å². The van der Waals surface area contributed by atoms with Crippen molar-refractivity contribution in [3.63, 3.8) is 0 Å². The van der Waals surface area contributed by atoms with Crippen molar-refractivity contribution in [1.82, 2.24) is 4.57 Å². The summed E-state index contributed by atoms with van der Waals surface area (Å²) < 4.78 is 7.26. The van der Waals surface area contributed by atoms with Gasteiger partial charge in [-0.15, -0.1) is 0 Å². The molecule has 2 aromatic carbocycles. The summed E-state index contributed by atoms with van der Waals surface area (Å²) in [6.07, 6.45) is 0. The largest absolute Gasteiger partial charge is 0.497 e. The highest BCUT2D eigenvalue weighted by atomic mass is 16.5. The number of amides is 1. The van der Waals surface area contributed by atoms with E-state index in [1.807, 2.05) is 81.7 Å². The lowest BCUT2D eigenvalue weighted by Crippen LogP contribution is -2.23. The van der Waals surface area contributed by atoms with Crippen LogP contribution in [0.15, 0.2) is 48.5 Å². The van der Waals surface area contributed by atoms with Gasteiger partial charge >= 0.3 is 0 Å². The SMILES string of the molecule is CC.CC.COc1ccc2c(c1)c(C(=O)C(N)=O)c(C)n2Cc1ccccc1. The van der Waals surface area contributed by atoms with E-state index in [9.17, 15) is 9.59 Å². The van der Waals surface area contributed by atoms with E-state index >= 15 is 0 Å². The number of primary amides is 1. The monoisotopic (exact) mass is 382 g/mol. The van der Waals surface area contributed by atoms with Crippen LogP contribution in [-0.4, -0.2) is 23.4 Å². The van der Waals surface area contributed by atoms with Gasteiger partial charge in [0.2, 0.25) is 0 Å². The third-order valence-corrected chi connectivity index (χ3v) is 4.16. The maximum Gasteiger partial charge on any atom is 0.289 e. The number of benzene rings is 2. The van der Waals surface area contributed by atoms with E-state index < -0.39 is 11.7 Å². The van der Waals surface area contributed by atoms with E-state index in [2.05, 4.69) is 0 Å². The molecule has 0 saturated heterocycles. The summed E-state index contributed by atoms with van der Waals surface area (Å²) in [4.78, 5) is 23.8. The normalized spacial score (nSPS) is 9.64. The van der Waals surface area contributed by atoms with Crippen molar-refractivity contribution < 1.29 is 14.3 Å². The van der Waals surface area contributed by atoms with Gasteiger partial charge in [-0.2, -0.15) is 0 Å². The van der Waals surface area contributed by atoms with Crippen molar-refractivity contribution in [2.45, 2.75) is 41.2 Å². The number of nitrogens with zero attached hydrogens (tertiary/aromatic N) is 1. The maximum atomic E-state index is 12.3. The average Bonchev–Trinajstić information content (AvgIpc) is 3.01. The Morgan fingerprint density at radius 2 is 1.61 bits per heavy atom. The molecule has 1 amide bonds. The first-order chi connectivity index (χ1) is 13.5. The summed E-state index contributed by atoms with van der Waals surface area (Å²) in [6.45, 7) is 10.4. The summed E-state index contributed by atoms with van der Waals surface area (Å²) in [6, 6.07) is 15.4. The number of rotatable bonds is 5. The standard InChI is InChI=1S/C19H18N2O3.2C2H6/c1-12-17(18(22)19(20)23)15-10-14(24-2)8-9-16(15)21(12)11-13-6-4-3-5-7-13;2*1-2/h3-10H,11H2,1-2H3,(H2,20,23);2*1-2H3. The molecule has 28 heavy (non-hydrogen) atoms. The van der Waals surface area contributed by atoms with Crippen molar-refractivity contribution >= 4 is 22.6 Å². The second-order valence-corrected chi connectivity index (χ2v) is 5.61. The molecule has 3 aromatic rings. The number of aromatic nitrogens is 1. The number of ketones is 1. The number of Topliss-reactive ketones (excluding diaryl/α,β-unsaturated/α-hetero) is 1. The third kappa shape index (κ3) is 4.80. The second kappa shape index (κ2) is 10.9. The summed E-state index contributed by atoms with van der Waals surface area (Å²) in [7, 11) is 1.56. The lowest BCUT2D eigenvalue weighted by atomic mass is 10.1. The van der Waals surface area contributed by atoms with Crippen LogP contribution in [0.2, 0.25) is 0 Å². The summed E-state index contributed by atoms with van der Waals surface area (Å²) >= 11 is 0. The molecule has 0 aliphatic carbocycles. The van der Waals surface area contributed by atoms with E-state index in [-0.39, 0.29) is 0 Å². The van der Waals surface area contributed by atoms with Gasteiger partial charge in [-0.3, -0.25) is 9.59 Å². The topological polar surface area (TPSA) is 74.3 Å². The first kappa shape index (κ1) is 23.0. The molecule has 2 N–H and O–H groups in total. The molecule has 0 radical (unpaired) electrons. The molecule has 0 saturated carbocycles. The van der Waals surface area contributed by atoms with E-state index in [1.165, 1.54) is 0 Å². The highest BCUT2D eigenvalue weighted by Crippen LogP contribution is 2.30. The number of carbonyl (C=O) groups is 2. The molecule has 3 rings (SSSR count). The molecular weight excluding hydrogens is 352 g/mol. The molecule has 5 heteroatoms. The van der Waals surface area contributed by atoms with Crippen LogP contribution in [-0.2, 0) is 11.3 Å². The fourth-order valence-corrected chi connectivity index (χ4v) is 2.97. The van der Waals surface area contributed by atoms with Crippen molar-refractivity contribution in [2.24, 2.45) is 5.73 Å². The minimum atomic E-state index is -0.959. The van der Waals surface area contributed by atoms with Crippen LogP contribution in [0, 0.1) is 6.92 Å². The van der Waals surface area contributed by atoms with Gasteiger partial charge in [-0.25, -0.2) is 0 Å². The third-order valence-electron chi connectivity index (χ3n) is 4.16. The van der Waals surface area contributed by atoms with Crippen molar-refractivity contribution in [3.8, 4) is 5.75 Å². The number of hydrogen-bond acceptors (Lipinski definition) is 3. The van der Waals surface area contributed by atoms with Crippen LogP contribution in [0.5, 0.6) is 5.75 Å². The van der Waals surface area contributed by atoms with E-state index in [0.29, 0.717) is 28.9 Å². The Balaban J connectivity index is 0.000000921. The molecule has 0 fully saturated rings. The first-order valence-corrected chi connectivity index (χ1v) is 9.58. The van der Waals surface area contributed by atoms with Crippen LogP contribution in [0.1, 0.15) is 49.3 Å². The molecule has 0 atom stereocenters. The molecule has 0 spiro atoms. The highest BCUT2D eigenvalue weighted by molar-refractivity contribution is 6.44. The molecule has 0 aliphatic heterocycles. The van der Waals surface area contributed by atoms with Gasteiger partial charge in [0.1, 0.15) is 5.75 Å². The zero-order valence-electron chi connectivity index (χ0n) is 17.6. The van der Waals surface area contributed by atoms with Gasteiger partial charge in [0, 0.05) is 23.1 Å². The predicted molar refractivity (Wildman–Crippen MR) is 115 cm³/mol. The Bertz CT molecular complexity index is 928. The fraction of sp³-hybridized carbons (Fsp3) is 0.304. The number of carbonyl (C=O) groups excluding carboxylic acids is 2. The Hall–Kier alpha value is -3.08. The minimum Gasteiger partial charge on any atom is -0.497 e. The number of nitrogens with two attached hydrogens (primary N) is 1. The van der Waals surface area contributed by atoms with E-state index in [0.717, 1.165) is 11.1 Å². The molecule has 150 valence electrons. The Labute approximate surface area is 167 Å². The van der Waals surface area contributed by atoms with Gasteiger partial charge in [-0.05, 0) is 30.7 Å². The molecule has 0 unspecified atom stereocenters. The Morgan fingerprint density at radius 1 is 1.00 bits per heavy atom. The van der Waals surface area contributed by atoms with Crippen molar-refractivity contribution in [2.75, 3.05) is 7.11 Å². The molecule has 0 bridgehead atoms. The molecule has 1 heterocycles. The number of hydrogen-bond donors (Lipinski definition) is 1. The zero-order valence-corrected chi connectivity index (χ0v) is 17.6. The molecule has 0 aliphatic rings. The van der Waals surface area contributed by atoms with Crippen LogP contribution in [0.4, 0.5) is 0 Å². The van der Waals surface area contributed by atoms with Gasteiger partial charge in [-0.1, -0.05) is 58.0 Å². The summed E-state index contributed by atoms with van der Waals surface area (Å²) in [5.41, 5.74) is 8.25. The fourth-order valence-electron chi connectivity index (χ4n) is 2.97. The smallest absolute Gasteiger partial charge is 0.289 e. The van der Waals surface area contributed by atoms with Gasteiger partial charge < -0.3 is 15.0 Å².